The van der Waals surface area contributed by atoms with Gasteiger partial charge in [0.15, 0.2) is 0 Å². The molecule has 0 aliphatic carbocycles. The van der Waals surface area contributed by atoms with Crippen molar-refractivity contribution in [3.63, 3.8) is 0 Å². The fraction of sp³-hybridized carbons (Fsp3) is 1.00. The van der Waals surface area contributed by atoms with Crippen molar-refractivity contribution in [3.05, 3.63) is 0 Å². The van der Waals surface area contributed by atoms with Crippen LogP contribution in [-0.2, 0) is 9.09 Å². The van der Waals surface area contributed by atoms with Crippen molar-refractivity contribution in [1.29, 1.82) is 0 Å². The molecule has 0 rings (SSSR count). The van der Waals surface area contributed by atoms with Crippen molar-refractivity contribution in [1.82, 2.24) is 0 Å². The molecular weight excluding hydrogens is 170 g/mol. The van der Waals surface area contributed by atoms with E-state index < -0.39 is 21.0 Å². The molecule has 58 valence electrons. The van der Waals surface area contributed by atoms with Crippen LogP contribution < -0.4 is 0 Å². The summed E-state index contributed by atoms with van der Waals surface area (Å²) in [6.45, 7) is -0.764. The average molecular weight is 180 g/mol. The van der Waals surface area contributed by atoms with Crippen LogP contribution in [0.15, 0.2) is 0 Å². The number of rotatable bonds is 4. The molecule has 3 N–H and O–H groups in total. The van der Waals surface area contributed by atoms with Crippen molar-refractivity contribution in [2.45, 2.75) is 6.10 Å². The summed E-state index contributed by atoms with van der Waals surface area (Å²) < 4.78 is 13.9. The fourth-order valence-corrected chi connectivity index (χ4v) is 0.555. The topological polar surface area (TPSA) is 87.0 Å². The number of aliphatic hydroxyl groups is 2. The van der Waals surface area contributed by atoms with Gasteiger partial charge in [0.25, 0.3) is 0 Å². The van der Waals surface area contributed by atoms with E-state index in [-0.39, 0.29) is 36.2 Å². The molecule has 0 fully saturated rings. The Hall–Kier alpha value is 1.07. The van der Waals surface area contributed by atoms with Crippen LogP contribution in [0.25, 0.3) is 0 Å². The molecule has 0 spiro atoms. The van der Waals surface area contributed by atoms with Gasteiger partial charge in [-0.3, -0.25) is 4.57 Å². The van der Waals surface area contributed by atoms with E-state index in [2.05, 4.69) is 4.52 Å². The van der Waals surface area contributed by atoms with Gasteiger partial charge in [-0.2, -0.15) is 0 Å². The number of hydrogen-bond donors (Lipinski definition) is 3. The van der Waals surface area contributed by atoms with E-state index >= 15 is 0 Å². The first kappa shape index (κ1) is 13.6. The van der Waals surface area contributed by atoms with Crippen LogP contribution in [0.5, 0.6) is 0 Å². The second-order valence-corrected chi connectivity index (χ2v) is 2.23. The predicted molar refractivity (Wildman–Crippen MR) is 37.4 cm³/mol. The molecule has 0 radical (unpaired) electrons. The van der Waals surface area contributed by atoms with Gasteiger partial charge >= 0.3 is 37.8 Å². The minimum atomic E-state index is -2.96. The van der Waals surface area contributed by atoms with Crippen LogP contribution in [0.2, 0.25) is 0 Å². The summed E-state index contributed by atoms with van der Waals surface area (Å²) in [5, 5.41) is 16.6. The maximum atomic E-state index is 9.79. The summed E-state index contributed by atoms with van der Waals surface area (Å²) in [5.41, 5.74) is 0. The van der Waals surface area contributed by atoms with Crippen LogP contribution in [-0.4, -0.2) is 64.0 Å². The fourth-order valence-electron chi connectivity index (χ4n) is 0.220. The molecule has 10 heavy (non-hydrogen) atoms. The minimum absolute atomic E-state index is 0. The molecule has 0 heterocycles. The normalized spacial score (nSPS) is 15.5. The van der Waals surface area contributed by atoms with Crippen LogP contribution in [0.4, 0.5) is 0 Å². The Labute approximate surface area is 81.3 Å². The van der Waals surface area contributed by atoms with E-state index in [0.29, 0.717) is 0 Å². The molecule has 0 aromatic rings. The monoisotopic (exact) mass is 180 g/mol. The van der Waals surface area contributed by atoms with Crippen LogP contribution in [0.3, 0.4) is 0 Å². The third kappa shape index (κ3) is 9.07. The van der Waals surface area contributed by atoms with E-state index in [1.54, 1.807) is 0 Å². The van der Waals surface area contributed by atoms with Crippen LogP contribution >= 0.6 is 8.25 Å². The first-order valence-corrected chi connectivity index (χ1v) is 3.58. The zero-order valence-electron chi connectivity index (χ0n) is 4.65. The molecule has 0 amide bonds. The number of hydrogen-bond acceptors (Lipinski definition) is 4. The zero-order chi connectivity index (χ0) is 7.28. The van der Waals surface area contributed by atoms with Crippen molar-refractivity contribution < 1.29 is 24.2 Å². The van der Waals surface area contributed by atoms with Gasteiger partial charge in [0.2, 0.25) is 0 Å². The Balaban J connectivity index is 0. The van der Waals surface area contributed by atoms with E-state index in [0.717, 1.165) is 0 Å². The van der Waals surface area contributed by atoms with Gasteiger partial charge in [0.1, 0.15) is 6.10 Å². The van der Waals surface area contributed by atoms with E-state index in [1.165, 1.54) is 0 Å². The third-order valence-corrected chi connectivity index (χ3v) is 1.02. The summed E-state index contributed by atoms with van der Waals surface area (Å²) in [5.74, 6) is 0. The zero-order valence-corrected chi connectivity index (χ0v) is 5.65. The van der Waals surface area contributed by atoms with Gasteiger partial charge in [-0.15, -0.1) is 0 Å². The standard InChI is InChI=1S/C3H9O5P.Na.H/c4-1-3(5)2-8-9(6)7;;/h3-5,9H,1-2H2,(H,6,7);;. The molecule has 0 saturated carbocycles. The van der Waals surface area contributed by atoms with Gasteiger partial charge in [-0.05, 0) is 0 Å². The Kier molecular flexibility index (Phi) is 11.1. The molecule has 0 saturated heterocycles. The molecule has 5 nitrogen and oxygen atoms in total. The first-order chi connectivity index (χ1) is 4.16. The van der Waals surface area contributed by atoms with E-state index in [9.17, 15) is 4.57 Å². The van der Waals surface area contributed by atoms with Crippen LogP contribution in [0, 0.1) is 0 Å². The van der Waals surface area contributed by atoms with Crippen LogP contribution in [0.1, 0.15) is 0 Å². The van der Waals surface area contributed by atoms with Gasteiger partial charge in [0, 0.05) is 0 Å². The predicted octanol–water partition coefficient (Wildman–Crippen LogP) is -1.91. The first-order valence-electron chi connectivity index (χ1n) is 2.31. The number of aliphatic hydroxyl groups excluding tert-OH is 2. The molecule has 0 aliphatic heterocycles. The molecule has 2 unspecified atom stereocenters. The van der Waals surface area contributed by atoms with E-state index in [1.807, 2.05) is 0 Å². The van der Waals surface area contributed by atoms with Crippen molar-refractivity contribution in [2.24, 2.45) is 0 Å². The Morgan fingerprint density at radius 1 is 1.60 bits per heavy atom. The Morgan fingerprint density at radius 3 is 2.40 bits per heavy atom. The Bertz CT molecular complexity index is 98.9. The summed E-state index contributed by atoms with van der Waals surface area (Å²) >= 11 is 0. The van der Waals surface area contributed by atoms with Crippen molar-refractivity contribution in [2.75, 3.05) is 13.2 Å². The molecule has 0 bridgehead atoms. The molecule has 2 atom stereocenters. The summed E-state index contributed by atoms with van der Waals surface area (Å²) in [7, 11) is -2.96. The van der Waals surface area contributed by atoms with Gasteiger partial charge in [-0.25, -0.2) is 0 Å². The molecular formula is C3H10NaO5P. The summed E-state index contributed by atoms with van der Waals surface area (Å²) in [6, 6.07) is 0. The summed E-state index contributed by atoms with van der Waals surface area (Å²) in [4.78, 5) is 8.03. The second kappa shape index (κ2) is 8.17. The van der Waals surface area contributed by atoms with Gasteiger partial charge in [-0.1, -0.05) is 0 Å². The maximum absolute atomic E-state index is 9.79. The van der Waals surface area contributed by atoms with Crippen molar-refractivity contribution in [3.8, 4) is 0 Å². The summed E-state index contributed by atoms with van der Waals surface area (Å²) in [6.07, 6.45) is -1.06. The molecule has 0 aliphatic rings. The SMILES string of the molecule is O=[PH](O)OCC(O)CO.[NaH]. The van der Waals surface area contributed by atoms with Gasteiger partial charge in [0.05, 0.1) is 13.2 Å². The Morgan fingerprint density at radius 2 is 2.10 bits per heavy atom. The van der Waals surface area contributed by atoms with E-state index in [4.69, 9.17) is 15.1 Å². The van der Waals surface area contributed by atoms with Crippen molar-refractivity contribution >= 4 is 37.8 Å². The van der Waals surface area contributed by atoms with Gasteiger partial charge < -0.3 is 19.6 Å². The average Bonchev–Trinajstić information content (AvgIpc) is 1.83. The quantitative estimate of drug-likeness (QED) is 0.347. The second-order valence-electron chi connectivity index (χ2n) is 1.41. The molecule has 0 aromatic heterocycles. The molecule has 0 aromatic carbocycles. The molecule has 7 heteroatoms. The third-order valence-electron chi connectivity index (χ3n) is 0.610.